The molecule has 0 radical (unpaired) electrons. The van der Waals surface area contributed by atoms with Crippen LogP contribution in [-0.2, 0) is 10.5 Å². The third-order valence-corrected chi connectivity index (χ3v) is 9.38. The van der Waals surface area contributed by atoms with Crippen molar-refractivity contribution in [2.75, 3.05) is 5.75 Å². The van der Waals surface area contributed by atoms with Gasteiger partial charge in [0.25, 0.3) is 5.91 Å². The Morgan fingerprint density at radius 1 is 0.763 bits per heavy atom. The Morgan fingerprint density at radius 3 is 2.11 bits per heavy atom. The molecule has 5 nitrogen and oxygen atoms in total. The second kappa shape index (κ2) is 11.3. The van der Waals surface area contributed by atoms with E-state index >= 15 is 0 Å². The molecule has 0 bridgehead atoms. The van der Waals surface area contributed by atoms with Gasteiger partial charge in [-0.2, -0.15) is 5.10 Å². The van der Waals surface area contributed by atoms with E-state index in [1.807, 2.05) is 24.3 Å². The number of nitrogens with one attached hydrogen (secondary N) is 1. The van der Waals surface area contributed by atoms with Crippen molar-refractivity contribution in [3.8, 4) is 0 Å². The Balaban J connectivity index is 1.06. The number of rotatable bonds is 8. The van der Waals surface area contributed by atoms with Crippen LogP contribution >= 0.6 is 34.9 Å². The van der Waals surface area contributed by atoms with Crippen LogP contribution < -0.4 is 5.43 Å². The topological polar surface area (TPSA) is 67.2 Å². The monoisotopic (exact) mass is 550 g/mol. The Morgan fingerprint density at radius 2 is 1.37 bits per heavy atom. The zero-order valence-corrected chi connectivity index (χ0v) is 22.7. The highest BCUT2D eigenvalue weighted by Gasteiger charge is 2.10. The zero-order chi connectivity index (χ0) is 25.7. The summed E-state index contributed by atoms with van der Waals surface area (Å²) in [4.78, 5) is 12.5. The molecular weight excluding hydrogens is 529 g/mol. The maximum Gasteiger partial charge on any atom is 0.250 e. The molecule has 0 saturated heterocycles. The average molecular weight is 551 g/mol. The molecular formula is C30H22N4OS3. The third-order valence-electron chi connectivity index (χ3n) is 6.14. The largest absolute Gasteiger partial charge is 0.272 e. The van der Waals surface area contributed by atoms with Crippen LogP contribution in [0.5, 0.6) is 0 Å². The molecule has 1 heterocycles. The molecule has 1 amide bonds. The van der Waals surface area contributed by atoms with E-state index in [9.17, 15) is 4.79 Å². The molecule has 1 N–H and O–H groups in total. The van der Waals surface area contributed by atoms with E-state index in [0.29, 0.717) is 0 Å². The Kier molecular flexibility index (Phi) is 7.35. The molecule has 1 aromatic heterocycles. The lowest BCUT2D eigenvalue weighted by molar-refractivity contribution is -0.118. The number of hydrogen-bond acceptors (Lipinski definition) is 7. The molecule has 0 fully saturated rings. The van der Waals surface area contributed by atoms with E-state index in [1.54, 1.807) is 18.0 Å². The van der Waals surface area contributed by atoms with Crippen LogP contribution in [0.15, 0.2) is 111 Å². The van der Waals surface area contributed by atoms with Gasteiger partial charge >= 0.3 is 0 Å². The molecule has 0 saturated carbocycles. The normalized spacial score (nSPS) is 11.6. The van der Waals surface area contributed by atoms with Crippen molar-refractivity contribution in [2.24, 2.45) is 5.10 Å². The molecule has 38 heavy (non-hydrogen) atoms. The van der Waals surface area contributed by atoms with Crippen LogP contribution in [0.2, 0.25) is 0 Å². The van der Waals surface area contributed by atoms with Crippen LogP contribution in [0.4, 0.5) is 0 Å². The molecule has 0 aliphatic carbocycles. The summed E-state index contributed by atoms with van der Waals surface area (Å²) >= 11 is 4.54. The molecule has 6 rings (SSSR count). The van der Waals surface area contributed by atoms with E-state index in [0.717, 1.165) is 41.5 Å². The first-order valence-corrected chi connectivity index (χ1v) is 14.8. The summed E-state index contributed by atoms with van der Waals surface area (Å²) in [5, 5.41) is 19.8. The van der Waals surface area contributed by atoms with Crippen LogP contribution in [0, 0.1) is 0 Å². The fourth-order valence-corrected chi connectivity index (χ4v) is 7.20. The molecule has 0 spiro atoms. The number of fused-ring (bicyclic) bond motifs is 3. The Labute approximate surface area is 232 Å². The molecule has 0 aliphatic heterocycles. The first-order chi connectivity index (χ1) is 18.7. The van der Waals surface area contributed by atoms with Crippen molar-refractivity contribution in [2.45, 2.75) is 14.4 Å². The van der Waals surface area contributed by atoms with E-state index in [4.69, 9.17) is 0 Å². The zero-order valence-electron chi connectivity index (χ0n) is 20.2. The Bertz CT molecular complexity index is 1740. The van der Waals surface area contributed by atoms with Crippen molar-refractivity contribution < 1.29 is 4.79 Å². The molecule has 6 aromatic rings. The predicted molar refractivity (Wildman–Crippen MR) is 161 cm³/mol. The number of benzene rings is 5. The van der Waals surface area contributed by atoms with Gasteiger partial charge in [0.15, 0.2) is 8.68 Å². The highest BCUT2D eigenvalue weighted by molar-refractivity contribution is 8.03. The van der Waals surface area contributed by atoms with Gasteiger partial charge in [0.2, 0.25) is 0 Å². The lowest BCUT2D eigenvalue weighted by Crippen LogP contribution is -2.19. The van der Waals surface area contributed by atoms with E-state index in [1.165, 1.54) is 39.4 Å². The number of hydrazone groups is 1. The highest BCUT2D eigenvalue weighted by Crippen LogP contribution is 2.32. The molecule has 5 aromatic carbocycles. The lowest BCUT2D eigenvalue weighted by atomic mass is 9.97. The summed E-state index contributed by atoms with van der Waals surface area (Å²) in [6.45, 7) is 0. The number of thioether (sulfide) groups is 2. The number of carbonyl (C=O) groups excluding carboxylic acids is 1. The van der Waals surface area contributed by atoms with Gasteiger partial charge in [0.1, 0.15) is 0 Å². The molecule has 0 unspecified atom stereocenters. The number of aromatic nitrogens is 2. The minimum absolute atomic E-state index is 0.184. The second-order valence-corrected chi connectivity index (χ2v) is 12.0. The summed E-state index contributed by atoms with van der Waals surface area (Å²) in [6, 6.07) is 33.3. The molecule has 8 heteroatoms. The summed E-state index contributed by atoms with van der Waals surface area (Å²) in [7, 11) is 0. The van der Waals surface area contributed by atoms with E-state index in [2.05, 4.69) is 93.5 Å². The van der Waals surface area contributed by atoms with Gasteiger partial charge in [0, 0.05) is 11.3 Å². The van der Waals surface area contributed by atoms with Crippen LogP contribution in [-0.4, -0.2) is 28.1 Å². The van der Waals surface area contributed by atoms with E-state index in [-0.39, 0.29) is 11.7 Å². The number of hydrogen-bond donors (Lipinski definition) is 1. The van der Waals surface area contributed by atoms with Crippen molar-refractivity contribution in [1.29, 1.82) is 0 Å². The first-order valence-electron chi connectivity index (χ1n) is 12.0. The SMILES string of the molecule is O=C(CSc1nnc(SCc2cccc3ccccc23)s1)N/N=C/c1c2ccccc2cc2ccccc12. The summed E-state index contributed by atoms with van der Waals surface area (Å²) < 4.78 is 1.66. The first kappa shape index (κ1) is 24.6. The van der Waals surface area contributed by atoms with Crippen molar-refractivity contribution >= 4 is 79.3 Å². The lowest BCUT2D eigenvalue weighted by Gasteiger charge is -2.07. The fraction of sp³-hybridized carbons (Fsp3) is 0.0667. The predicted octanol–water partition coefficient (Wildman–Crippen LogP) is 7.53. The molecule has 0 atom stereocenters. The number of nitrogens with zero attached hydrogens (tertiary/aromatic N) is 3. The summed E-state index contributed by atoms with van der Waals surface area (Å²) in [5.74, 6) is 0.852. The average Bonchev–Trinajstić information content (AvgIpc) is 3.42. The highest BCUT2D eigenvalue weighted by atomic mass is 32.2. The van der Waals surface area contributed by atoms with Crippen molar-refractivity contribution in [3.05, 3.63) is 108 Å². The van der Waals surface area contributed by atoms with Gasteiger partial charge in [-0.05, 0) is 43.9 Å². The minimum atomic E-state index is -0.184. The van der Waals surface area contributed by atoms with Crippen molar-refractivity contribution in [1.82, 2.24) is 15.6 Å². The minimum Gasteiger partial charge on any atom is -0.272 e. The van der Waals surface area contributed by atoms with E-state index < -0.39 is 0 Å². The fourth-order valence-electron chi connectivity index (χ4n) is 4.39. The van der Waals surface area contributed by atoms with Crippen LogP contribution in [0.1, 0.15) is 11.1 Å². The maximum absolute atomic E-state index is 12.5. The van der Waals surface area contributed by atoms with Gasteiger partial charge in [0.05, 0.1) is 12.0 Å². The summed E-state index contributed by atoms with van der Waals surface area (Å²) in [6.07, 6.45) is 1.74. The second-order valence-electron chi connectivity index (χ2n) is 8.58. The maximum atomic E-state index is 12.5. The Hall–Kier alpha value is -3.72. The molecule has 0 aliphatic rings. The van der Waals surface area contributed by atoms with Gasteiger partial charge < -0.3 is 0 Å². The molecule has 186 valence electrons. The van der Waals surface area contributed by atoms with Crippen LogP contribution in [0.25, 0.3) is 32.3 Å². The standard InChI is InChI=1S/C30H22N4OS3/c35-28(32-31-17-27-25-14-5-2-9-21(25)16-22-10-3-6-15-26(22)27)19-37-30-34-33-29(38-30)36-18-23-12-7-11-20-8-1-4-13-24(20)23/h1-17H,18-19H2,(H,32,35)/b31-17+. The van der Waals surface area contributed by atoms with Crippen LogP contribution in [0.3, 0.4) is 0 Å². The summed E-state index contributed by atoms with van der Waals surface area (Å²) in [5.41, 5.74) is 4.92. The van der Waals surface area contributed by atoms with Crippen molar-refractivity contribution in [3.63, 3.8) is 0 Å². The van der Waals surface area contributed by atoms with Gasteiger partial charge in [-0.3, -0.25) is 4.79 Å². The quantitative estimate of drug-likeness (QED) is 0.0918. The smallest absolute Gasteiger partial charge is 0.250 e. The van der Waals surface area contributed by atoms with Gasteiger partial charge in [-0.25, -0.2) is 5.43 Å². The number of amides is 1. The number of carbonyl (C=O) groups is 1. The van der Waals surface area contributed by atoms with Gasteiger partial charge in [-0.1, -0.05) is 126 Å². The third kappa shape index (κ3) is 5.43. The van der Waals surface area contributed by atoms with Gasteiger partial charge in [-0.15, -0.1) is 10.2 Å².